The number of fused-ring (bicyclic) bond motifs is 1. The number of rotatable bonds is 4. The molecular formula is C20H30N2O2. The fraction of sp³-hybridized carbons (Fsp3) is 0.700. The summed E-state index contributed by atoms with van der Waals surface area (Å²) in [5.74, 6) is 1.69. The van der Waals surface area contributed by atoms with E-state index in [0.717, 1.165) is 17.5 Å². The van der Waals surface area contributed by atoms with Crippen molar-refractivity contribution in [2.24, 2.45) is 0 Å². The Labute approximate surface area is 145 Å². The van der Waals surface area contributed by atoms with Crippen molar-refractivity contribution in [2.75, 3.05) is 40.9 Å². The second-order valence-corrected chi connectivity index (χ2v) is 7.79. The van der Waals surface area contributed by atoms with E-state index in [9.17, 15) is 0 Å². The fourth-order valence-electron chi connectivity index (χ4n) is 5.28. The van der Waals surface area contributed by atoms with Gasteiger partial charge in [0.05, 0.1) is 14.2 Å². The molecule has 0 aromatic heterocycles. The van der Waals surface area contributed by atoms with E-state index in [4.69, 9.17) is 9.47 Å². The molecule has 4 heteroatoms. The molecule has 2 saturated heterocycles. The van der Waals surface area contributed by atoms with Crippen molar-refractivity contribution < 1.29 is 9.47 Å². The Morgan fingerprint density at radius 2 is 1.83 bits per heavy atom. The molecule has 0 N–H and O–H groups in total. The molecule has 0 spiro atoms. The first kappa shape index (κ1) is 16.2. The summed E-state index contributed by atoms with van der Waals surface area (Å²) in [5, 5.41) is 0. The van der Waals surface area contributed by atoms with Gasteiger partial charge < -0.3 is 19.3 Å². The zero-order chi connectivity index (χ0) is 16.7. The summed E-state index contributed by atoms with van der Waals surface area (Å²) in [6.07, 6.45) is 6.58. The molecule has 0 unspecified atom stereocenters. The van der Waals surface area contributed by atoms with Gasteiger partial charge in [0, 0.05) is 17.5 Å². The van der Waals surface area contributed by atoms with Gasteiger partial charge in [-0.3, -0.25) is 0 Å². The van der Waals surface area contributed by atoms with E-state index in [-0.39, 0.29) is 5.41 Å². The topological polar surface area (TPSA) is 24.9 Å². The van der Waals surface area contributed by atoms with Gasteiger partial charge in [-0.15, -0.1) is 0 Å². The molecule has 2 heterocycles. The van der Waals surface area contributed by atoms with Crippen molar-refractivity contribution in [1.29, 1.82) is 0 Å². The molecule has 132 valence electrons. The highest BCUT2D eigenvalue weighted by Gasteiger charge is 2.51. The maximum absolute atomic E-state index is 5.58. The van der Waals surface area contributed by atoms with Gasteiger partial charge in [0.2, 0.25) is 0 Å². The molecule has 3 aliphatic rings. The molecule has 1 aromatic carbocycles. The van der Waals surface area contributed by atoms with Gasteiger partial charge in [-0.05, 0) is 76.5 Å². The molecule has 0 bridgehead atoms. The number of benzene rings is 1. The molecule has 24 heavy (non-hydrogen) atoms. The summed E-state index contributed by atoms with van der Waals surface area (Å²) in [6, 6.07) is 8.03. The number of hydrogen-bond donors (Lipinski definition) is 0. The monoisotopic (exact) mass is 330 g/mol. The van der Waals surface area contributed by atoms with Crippen LogP contribution in [-0.4, -0.2) is 62.8 Å². The fourth-order valence-corrected chi connectivity index (χ4v) is 5.28. The van der Waals surface area contributed by atoms with E-state index < -0.39 is 0 Å². The summed E-state index contributed by atoms with van der Waals surface area (Å²) >= 11 is 0. The van der Waals surface area contributed by atoms with Crippen LogP contribution in [0.15, 0.2) is 18.2 Å². The van der Waals surface area contributed by atoms with Crippen LogP contribution in [-0.2, 0) is 5.41 Å². The summed E-state index contributed by atoms with van der Waals surface area (Å²) in [6.45, 7) is 3.82. The molecule has 4 rings (SSSR count). The minimum Gasteiger partial charge on any atom is -0.493 e. The lowest BCUT2D eigenvalue weighted by molar-refractivity contribution is 0.0448. The Kier molecular flexibility index (Phi) is 4.21. The second-order valence-electron chi connectivity index (χ2n) is 7.79. The Bertz CT molecular complexity index is 601. The maximum Gasteiger partial charge on any atom is 0.161 e. The Hall–Kier alpha value is -1.26. The lowest BCUT2D eigenvalue weighted by Crippen LogP contribution is -2.54. The summed E-state index contributed by atoms with van der Waals surface area (Å²) in [7, 11) is 5.75. The van der Waals surface area contributed by atoms with E-state index in [1.54, 1.807) is 14.2 Å². The molecule has 4 nitrogen and oxygen atoms in total. The molecule has 0 amide bonds. The van der Waals surface area contributed by atoms with Gasteiger partial charge in [-0.25, -0.2) is 0 Å². The average Bonchev–Trinajstić information content (AvgIpc) is 2.91. The third-order valence-electron chi connectivity index (χ3n) is 6.87. The Balaban J connectivity index is 1.65. The first-order chi connectivity index (χ1) is 11.7. The average molecular weight is 330 g/mol. The quantitative estimate of drug-likeness (QED) is 0.847. The third kappa shape index (κ3) is 2.42. The number of methoxy groups -OCH3 is 2. The molecule has 1 aliphatic carbocycles. The van der Waals surface area contributed by atoms with Gasteiger partial charge in [-0.2, -0.15) is 0 Å². The molecular weight excluding hydrogens is 300 g/mol. The Morgan fingerprint density at radius 1 is 1.04 bits per heavy atom. The van der Waals surface area contributed by atoms with Crippen LogP contribution < -0.4 is 9.47 Å². The van der Waals surface area contributed by atoms with Gasteiger partial charge >= 0.3 is 0 Å². The van der Waals surface area contributed by atoms with Crippen LogP contribution in [0.1, 0.15) is 37.7 Å². The first-order valence-electron chi connectivity index (χ1n) is 9.35. The first-order valence-corrected chi connectivity index (χ1v) is 9.35. The van der Waals surface area contributed by atoms with Crippen LogP contribution in [0.3, 0.4) is 0 Å². The van der Waals surface area contributed by atoms with E-state index in [2.05, 4.69) is 35.0 Å². The summed E-state index contributed by atoms with van der Waals surface area (Å²) < 4.78 is 11.0. The van der Waals surface area contributed by atoms with Crippen LogP contribution in [0, 0.1) is 0 Å². The molecule has 2 aliphatic heterocycles. The molecule has 3 atom stereocenters. The second kappa shape index (κ2) is 6.23. The lowest BCUT2D eigenvalue weighted by Gasteiger charge is -2.49. The van der Waals surface area contributed by atoms with Gasteiger partial charge in [0.15, 0.2) is 11.5 Å². The Morgan fingerprint density at radius 3 is 2.50 bits per heavy atom. The van der Waals surface area contributed by atoms with Gasteiger partial charge in [0.1, 0.15) is 0 Å². The third-order valence-corrected chi connectivity index (χ3v) is 6.87. The van der Waals surface area contributed by atoms with Crippen molar-refractivity contribution in [3.63, 3.8) is 0 Å². The maximum atomic E-state index is 5.58. The smallest absolute Gasteiger partial charge is 0.161 e. The highest BCUT2D eigenvalue weighted by molar-refractivity contribution is 5.46. The molecule has 1 aromatic rings. The predicted octanol–water partition coefficient (Wildman–Crippen LogP) is 2.90. The number of hydrogen-bond acceptors (Lipinski definition) is 4. The van der Waals surface area contributed by atoms with E-state index in [0.29, 0.717) is 6.04 Å². The van der Waals surface area contributed by atoms with Gasteiger partial charge in [-0.1, -0.05) is 6.07 Å². The van der Waals surface area contributed by atoms with Crippen LogP contribution >= 0.6 is 0 Å². The highest BCUT2D eigenvalue weighted by Crippen LogP contribution is 2.50. The van der Waals surface area contributed by atoms with E-state index in [1.807, 2.05) is 0 Å². The largest absolute Gasteiger partial charge is 0.493 e. The molecule has 3 fully saturated rings. The minimum atomic E-state index is 0.287. The lowest BCUT2D eigenvalue weighted by atomic mass is 9.64. The van der Waals surface area contributed by atoms with Crippen molar-refractivity contribution in [3.05, 3.63) is 23.8 Å². The highest BCUT2D eigenvalue weighted by atomic mass is 16.5. The van der Waals surface area contributed by atoms with Crippen LogP contribution in [0.25, 0.3) is 0 Å². The standard InChI is InChI=1S/C20H30N2O2/c1-21-12-9-20(15-5-6-17(23-2)18(13-15)24-3)8-7-16(14-19(20)21)22-10-4-11-22/h5-6,13,16,19H,4,7-12,14H2,1-3H3/t16-,19-,20-/m0/s1. The zero-order valence-corrected chi connectivity index (χ0v) is 15.3. The number of likely N-dealkylation sites (N-methyl/N-ethyl adjacent to an activating group) is 1. The van der Waals surface area contributed by atoms with Crippen molar-refractivity contribution in [3.8, 4) is 11.5 Å². The normalized spacial score (nSPS) is 33.8. The zero-order valence-electron chi connectivity index (χ0n) is 15.3. The van der Waals surface area contributed by atoms with Crippen molar-refractivity contribution in [1.82, 2.24) is 9.80 Å². The van der Waals surface area contributed by atoms with E-state index >= 15 is 0 Å². The van der Waals surface area contributed by atoms with Crippen LogP contribution in [0.5, 0.6) is 11.5 Å². The SMILES string of the molecule is COc1ccc([C@@]23CC[C@H](N4CCC4)C[C@@H]2N(C)CC3)cc1OC. The van der Waals surface area contributed by atoms with Crippen molar-refractivity contribution >= 4 is 0 Å². The van der Waals surface area contributed by atoms with Crippen LogP contribution in [0.4, 0.5) is 0 Å². The molecule has 1 saturated carbocycles. The number of ether oxygens (including phenoxy) is 2. The summed E-state index contributed by atoms with van der Waals surface area (Å²) in [5.41, 5.74) is 1.73. The predicted molar refractivity (Wildman–Crippen MR) is 96.1 cm³/mol. The minimum absolute atomic E-state index is 0.287. The number of likely N-dealkylation sites (tertiary alicyclic amines) is 2. The number of nitrogens with zero attached hydrogens (tertiary/aromatic N) is 2. The van der Waals surface area contributed by atoms with Gasteiger partial charge in [0.25, 0.3) is 0 Å². The van der Waals surface area contributed by atoms with Crippen molar-refractivity contribution in [2.45, 2.75) is 49.6 Å². The van der Waals surface area contributed by atoms with Crippen LogP contribution in [0.2, 0.25) is 0 Å². The van der Waals surface area contributed by atoms with E-state index in [1.165, 1.54) is 57.3 Å². The molecule has 0 radical (unpaired) electrons. The summed E-state index contributed by atoms with van der Waals surface area (Å²) in [4.78, 5) is 5.30.